The van der Waals surface area contributed by atoms with Gasteiger partial charge in [0.1, 0.15) is 0 Å². The second-order valence-corrected chi connectivity index (χ2v) is 7.04. The second kappa shape index (κ2) is 7.95. The van der Waals surface area contributed by atoms with Gasteiger partial charge in [-0.05, 0) is 50.4 Å². The lowest BCUT2D eigenvalue weighted by Crippen LogP contribution is -2.41. The van der Waals surface area contributed by atoms with Gasteiger partial charge in [0.25, 0.3) is 0 Å². The van der Waals surface area contributed by atoms with Crippen molar-refractivity contribution >= 4 is 0 Å². The quantitative estimate of drug-likeness (QED) is 0.796. The van der Waals surface area contributed by atoms with E-state index >= 15 is 0 Å². The van der Waals surface area contributed by atoms with Crippen molar-refractivity contribution in [3.63, 3.8) is 0 Å². The van der Waals surface area contributed by atoms with Gasteiger partial charge in [-0.15, -0.1) is 0 Å². The first-order valence-electron chi connectivity index (χ1n) is 8.53. The van der Waals surface area contributed by atoms with Gasteiger partial charge in [0.05, 0.1) is 0 Å². The van der Waals surface area contributed by atoms with Crippen LogP contribution in [0.1, 0.15) is 49.7 Å². The average Bonchev–Trinajstić information content (AvgIpc) is 2.67. The molecule has 0 amide bonds. The first-order valence-corrected chi connectivity index (χ1v) is 8.53. The molecule has 0 heterocycles. The molecule has 2 rings (SSSR count). The van der Waals surface area contributed by atoms with Crippen LogP contribution in [-0.2, 0) is 6.54 Å². The number of benzene rings is 1. The van der Waals surface area contributed by atoms with E-state index in [4.69, 9.17) is 0 Å². The third-order valence-electron chi connectivity index (χ3n) is 5.02. The van der Waals surface area contributed by atoms with E-state index in [-0.39, 0.29) is 0 Å². The summed E-state index contributed by atoms with van der Waals surface area (Å²) in [5.41, 5.74) is 3.35. The van der Waals surface area contributed by atoms with Gasteiger partial charge in [-0.2, -0.15) is 0 Å². The Morgan fingerprint density at radius 2 is 1.76 bits per heavy atom. The summed E-state index contributed by atoms with van der Waals surface area (Å²) in [6, 6.07) is 8.78. The van der Waals surface area contributed by atoms with Crippen molar-refractivity contribution in [3.8, 4) is 0 Å². The minimum absolute atomic E-state index is 0.475. The fourth-order valence-corrected chi connectivity index (χ4v) is 3.95. The normalized spacial score (nSPS) is 18.7. The first-order chi connectivity index (χ1) is 10.2. The Labute approximate surface area is 130 Å². The van der Waals surface area contributed by atoms with Crippen molar-refractivity contribution in [1.82, 2.24) is 10.2 Å². The molecule has 1 aliphatic rings. The van der Waals surface area contributed by atoms with Crippen LogP contribution in [0.15, 0.2) is 24.3 Å². The molecule has 2 heteroatoms. The second-order valence-electron chi connectivity index (χ2n) is 7.04. The molecule has 0 bridgehead atoms. The minimum atomic E-state index is 0.475. The fraction of sp³-hybridized carbons (Fsp3) is 0.684. The van der Waals surface area contributed by atoms with Crippen LogP contribution in [0.5, 0.6) is 0 Å². The van der Waals surface area contributed by atoms with Crippen molar-refractivity contribution < 1.29 is 0 Å². The zero-order valence-corrected chi connectivity index (χ0v) is 14.1. The van der Waals surface area contributed by atoms with E-state index in [9.17, 15) is 0 Å². The Bertz CT molecular complexity index is 419. The molecule has 2 nitrogen and oxygen atoms in total. The van der Waals surface area contributed by atoms with E-state index in [1.165, 1.54) is 56.2 Å². The van der Waals surface area contributed by atoms with Crippen LogP contribution in [0.2, 0.25) is 0 Å². The molecule has 0 atom stereocenters. The Kier molecular flexibility index (Phi) is 6.25. The molecule has 1 aromatic carbocycles. The van der Waals surface area contributed by atoms with Gasteiger partial charge in [0.15, 0.2) is 0 Å². The monoisotopic (exact) mass is 288 g/mol. The molecule has 0 unspecified atom stereocenters. The lowest BCUT2D eigenvalue weighted by atomic mass is 9.79. The van der Waals surface area contributed by atoms with E-state index < -0.39 is 0 Å². The predicted octanol–water partition coefficient (Wildman–Crippen LogP) is 3.99. The van der Waals surface area contributed by atoms with Gasteiger partial charge in [-0.1, -0.05) is 49.9 Å². The lowest BCUT2D eigenvalue weighted by molar-refractivity contribution is 0.144. The average molecular weight is 288 g/mol. The number of nitrogens with one attached hydrogen (secondary N) is 1. The summed E-state index contributed by atoms with van der Waals surface area (Å²) in [7, 11) is 4.39. The predicted molar refractivity (Wildman–Crippen MR) is 91.6 cm³/mol. The maximum absolute atomic E-state index is 3.46. The van der Waals surface area contributed by atoms with E-state index in [1.54, 1.807) is 0 Å². The van der Waals surface area contributed by atoms with Gasteiger partial charge in [0.2, 0.25) is 0 Å². The number of rotatable bonds is 6. The van der Waals surface area contributed by atoms with E-state index in [0.717, 1.165) is 13.1 Å². The largest absolute Gasteiger partial charge is 0.319 e. The smallest absolute Gasteiger partial charge is 0.0233 e. The highest BCUT2D eigenvalue weighted by atomic mass is 15.1. The van der Waals surface area contributed by atoms with Gasteiger partial charge in [-0.3, -0.25) is 0 Å². The molecule has 0 saturated heterocycles. The molecule has 1 N–H and O–H groups in total. The number of hydrogen-bond acceptors (Lipinski definition) is 2. The summed E-state index contributed by atoms with van der Waals surface area (Å²) >= 11 is 0. The minimum Gasteiger partial charge on any atom is -0.319 e. The summed E-state index contributed by atoms with van der Waals surface area (Å²) in [5, 5.41) is 3.46. The Balaban J connectivity index is 2.00. The Morgan fingerprint density at radius 3 is 2.38 bits per heavy atom. The Hall–Kier alpha value is -0.860. The highest BCUT2D eigenvalue weighted by Gasteiger charge is 2.31. The van der Waals surface area contributed by atoms with Crippen LogP contribution in [0.4, 0.5) is 0 Å². The van der Waals surface area contributed by atoms with Crippen molar-refractivity contribution in [2.75, 3.05) is 27.2 Å². The maximum atomic E-state index is 3.46. The molecule has 1 aromatic rings. The molecule has 0 spiro atoms. The SMILES string of the molecule is CNCC1(CN(C)Cc2ccccc2C)CCCCCC1. The van der Waals surface area contributed by atoms with Crippen molar-refractivity contribution in [3.05, 3.63) is 35.4 Å². The molecule has 0 radical (unpaired) electrons. The lowest BCUT2D eigenvalue weighted by Gasteiger charge is -2.37. The summed E-state index contributed by atoms with van der Waals surface area (Å²) in [6.45, 7) is 5.66. The summed E-state index contributed by atoms with van der Waals surface area (Å²) < 4.78 is 0. The highest BCUT2D eigenvalue weighted by Crippen LogP contribution is 2.35. The van der Waals surface area contributed by atoms with E-state index in [0.29, 0.717) is 5.41 Å². The van der Waals surface area contributed by atoms with Crippen molar-refractivity contribution in [2.24, 2.45) is 5.41 Å². The standard InChI is InChI=1S/C19H32N2/c1-17-10-6-7-11-18(17)14-21(3)16-19(15-20-2)12-8-4-5-9-13-19/h6-7,10-11,20H,4-5,8-9,12-16H2,1-3H3. The molecule has 21 heavy (non-hydrogen) atoms. The maximum Gasteiger partial charge on any atom is 0.0233 e. The van der Waals surface area contributed by atoms with Gasteiger partial charge in [0, 0.05) is 19.6 Å². The zero-order valence-electron chi connectivity index (χ0n) is 14.1. The molecule has 0 aliphatic heterocycles. The van der Waals surface area contributed by atoms with E-state index in [1.807, 2.05) is 0 Å². The van der Waals surface area contributed by atoms with Gasteiger partial charge >= 0.3 is 0 Å². The van der Waals surface area contributed by atoms with E-state index in [2.05, 4.69) is 55.5 Å². The molecular weight excluding hydrogens is 256 g/mol. The summed E-state index contributed by atoms with van der Waals surface area (Å²) in [4.78, 5) is 2.53. The topological polar surface area (TPSA) is 15.3 Å². The van der Waals surface area contributed by atoms with Crippen LogP contribution >= 0.6 is 0 Å². The fourth-order valence-electron chi connectivity index (χ4n) is 3.95. The number of hydrogen-bond donors (Lipinski definition) is 1. The molecular formula is C19H32N2. The molecule has 0 aromatic heterocycles. The molecule has 1 aliphatic carbocycles. The van der Waals surface area contributed by atoms with Gasteiger partial charge in [-0.25, -0.2) is 0 Å². The van der Waals surface area contributed by atoms with Crippen LogP contribution in [0, 0.1) is 12.3 Å². The Morgan fingerprint density at radius 1 is 1.10 bits per heavy atom. The zero-order chi connectivity index (χ0) is 15.1. The van der Waals surface area contributed by atoms with Crippen LogP contribution in [-0.4, -0.2) is 32.1 Å². The molecule has 118 valence electrons. The van der Waals surface area contributed by atoms with Gasteiger partial charge < -0.3 is 10.2 Å². The summed E-state index contributed by atoms with van der Waals surface area (Å²) in [5.74, 6) is 0. The number of aryl methyl sites for hydroxylation is 1. The third kappa shape index (κ3) is 4.82. The van der Waals surface area contributed by atoms with Crippen LogP contribution in [0.3, 0.4) is 0 Å². The van der Waals surface area contributed by atoms with Crippen LogP contribution in [0.25, 0.3) is 0 Å². The number of nitrogens with zero attached hydrogens (tertiary/aromatic N) is 1. The summed E-state index contributed by atoms with van der Waals surface area (Å²) in [6.07, 6.45) is 8.41. The van der Waals surface area contributed by atoms with Crippen molar-refractivity contribution in [2.45, 2.75) is 52.0 Å². The van der Waals surface area contributed by atoms with Crippen LogP contribution < -0.4 is 5.32 Å². The third-order valence-corrected chi connectivity index (χ3v) is 5.02. The molecule has 1 fully saturated rings. The highest BCUT2D eigenvalue weighted by molar-refractivity contribution is 5.25. The first kappa shape index (κ1) is 16.5. The molecule has 1 saturated carbocycles. The van der Waals surface area contributed by atoms with Crippen molar-refractivity contribution in [1.29, 1.82) is 0 Å².